The maximum Gasteiger partial charge on any atom is 0.222 e. The van der Waals surface area contributed by atoms with Gasteiger partial charge in [0.25, 0.3) is 0 Å². The highest BCUT2D eigenvalue weighted by Crippen LogP contribution is 2.13. The third-order valence-electron chi connectivity index (χ3n) is 4.78. The molecule has 1 amide bonds. The minimum atomic E-state index is 0.389. The standard InChI is InChI=1S/C22H39NO/c1-2-3-4-5-6-7-8-9-10-11-12-13-14-15-16-19-22(24)23-20-17-18-21-23/h3-4,9-10H,2,5-8,11-21H2,1H3. The van der Waals surface area contributed by atoms with Gasteiger partial charge in [-0.2, -0.15) is 0 Å². The Hall–Kier alpha value is -1.05. The van der Waals surface area contributed by atoms with Crippen LogP contribution in [0.3, 0.4) is 0 Å². The first-order chi connectivity index (χ1) is 11.8. The van der Waals surface area contributed by atoms with E-state index in [1.807, 2.05) is 4.90 Å². The van der Waals surface area contributed by atoms with Gasteiger partial charge in [0, 0.05) is 19.5 Å². The molecule has 0 saturated carbocycles. The molecule has 0 aliphatic carbocycles. The van der Waals surface area contributed by atoms with Gasteiger partial charge < -0.3 is 4.90 Å². The summed E-state index contributed by atoms with van der Waals surface area (Å²) >= 11 is 0. The van der Waals surface area contributed by atoms with E-state index in [1.54, 1.807) is 0 Å². The van der Waals surface area contributed by atoms with E-state index >= 15 is 0 Å². The number of unbranched alkanes of at least 4 members (excludes halogenated alkanes) is 8. The zero-order valence-electron chi connectivity index (χ0n) is 16.0. The second kappa shape index (κ2) is 15.5. The number of hydrogen-bond donors (Lipinski definition) is 0. The quantitative estimate of drug-likeness (QED) is 0.265. The summed E-state index contributed by atoms with van der Waals surface area (Å²) < 4.78 is 0. The summed E-state index contributed by atoms with van der Waals surface area (Å²) in [5.74, 6) is 0.389. The smallest absolute Gasteiger partial charge is 0.222 e. The second-order valence-corrected chi connectivity index (χ2v) is 7.03. The lowest BCUT2D eigenvalue weighted by molar-refractivity contribution is -0.130. The van der Waals surface area contributed by atoms with Gasteiger partial charge in [-0.3, -0.25) is 4.79 Å². The summed E-state index contributed by atoms with van der Waals surface area (Å²) in [6.07, 6.45) is 26.1. The fourth-order valence-electron chi connectivity index (χ4n) is 3.24. The van der Waals surface area contributed by atoms with Crippen LogP contribution >= 0.6 is 0 Å². The Bertz CT molecular complexity index is 353. The molecule has 1 fully saturated rings. The normalized spacial score (nSPS) is 15.1. The van der Waals surface area contributed by atoms with Gasteiger partial charge in [-0.1, -0.05) is 50.5 Å². The lowest BCUT2D eigenvalue weighted by Gasteiger charge is -2.14. The van der Waals surface area contributed by atoms with Crippen molar-refractivity contribution in [2.24, 2.45) is 0 Å². The Balaban J connectivity index is 1.79. The molecule has 0 aromatic carbocycles. The maximum absolute atomic E-state index is 11.9. The first-order valence-corrected chi connectivity index (χ1v) is 10.4. The van der Waals surface area contributed by atoms with Gasteiger partial charge in [-0.25, -0.2) is 0 Å². The van der Waals surface area contributed by atoms with Crippen LogP contribution in [0, 0.1) is 0 Å². The number of allylic oxidation sites excluding steroid dienone is 4. The molecule has 1 aliphatic heterocycles. The fourth-order valence-corrected chi connectivity index (χ4v) is 3.24. The first-order valence-electron chi connectivity index (χ1n) is 10.4. The molecule has 1 heterocycles. The SMILES string of the molecule is CCC=CCCCCC=CCCCCCCCC(=O)N1CCCC1. The number of rotatable bonds is 14. The minimum absolute atomic E-state index is 0.389. The molecule has 1 rings (SSSR count). The number of carbonyl (C=O) groups excluding carboxylic acids is 1. The van der Waals surface area contributed by atoms with Crippen LogP contribution in [0.5, 0.6) is 0 Å². The molecule has 2 nitrogen and oxygen atoms in total. The van der Waals surface area contributed by atoms with Crippen molar-refractivity contribution in [3.63, 3.8) is 0 Å². The van der Waals surface area contributed by atoms with Crippen LogP contribution in [-0.4, -0.2) is 23.9 Å². The maximum atomic E-state index is 11.9. The highest BCUT2D eigenvalue weighted by Gasteiger charge is 2.16. The molecule has 0 bridgehead atoms. The molecule has 0 aromatic heterocycles. The monoisotopic (exact) mass is 333 g/mol. The zero-order chi connectivity index (χ0) is 17.3. The van der Waals surface area contributed by atoms with Crippen LogP contribution in [0.15, 0.2) is 24.3 Å². The van der Waals surface area contributed by atoms with E-state index in [2.05, 4.69) is 31.2 Å². The summed E-state index contributed by atoms with van der Waals surface area (Å²) in [5, 5.41) is 0. The van der Waals surface area contributed by atoms with Crippen LogP contribution < -0.4 is 0 Å². The van der Waals surface area contributed by atoms with Crippen molar-refractivity contribution < 1.29 is 4.79 Å². The van der Waals surface area contributed by atoms with Crippen LogP contribution in [-0.2, 0) is 4.79 Å². The van der Waals surface area contributed by atoms with Crippen molar-refractivity contribution in [1.82, 2.24) is 4.90 Å². The topological polar surface area (TPSA) is 20.3 Å². The average Bonchev–Trinajstić information content (AvgIpc) is 3.13. The van der Waals surface area contributed by atoms with Crippen molar-refractivity contribution in [1.29, 1.82) is 0 Å². The van der Waals surface area contributed by atoms with Crippen molar-refractivity contribution in [2.75, 3.05) is 13.1 Å². The third kappa shape index (κ3) is 11.5. The van der Waals surface area contributed by atoms with Gasteiger partial charge >= 0.3 is 0 Å². The molecule has 138 valence electrons. The molecular weight excluding hydrogens is 294 g/mol. The van der Waals surface area contributed by atoms with E-state index in [-0.39, 0.29) is 0 Å². The Morgan fingerprint density at radius 3 is 1.88 bits per heavy atom. The summed E-state index contributed by atoms with van der Waals surface area (Å²) in [6, 6.07) is 0. The summed E-state index contributed by atoms with van der Waals surface area (Å²) in [4.78, 5) is 13.9. The zero-order valence-corrected chi connectivity index (χ0v) is 16.0. The number of hydrogen-bond acceptors (Lipinski definition) is 1. The Morgan fingerprint density at radius 1 is 0.750 bits per heavy atom. The van der Waals surface area contributed by atoms with Crippen molar-refractivity contribution in [3.8, 4) is 0 Å². The van der Waals surface area contributed by atoms with Gasteiger partial charge in [-0.15, -0.1) is 0 Å². The number of nitrogens with zero attached hydrogens (tertiary/aromatic N) is 1. The average molecular weight is 334 g/mol. The van der Waals surface area contributed by atoms with Crippen molar-refractivity contribution >= 4 is 5.91 Å². The molecular formula is C22H39NO. The van der Waals surface area contributed by atoms with E-state index in [9.17, 15) is 4.79 Å². The second-order valence-electron chi connectivity index (χ2n) is 7.03. The van der Waals surface area contributed by atoms with E-state index < -0.39 is 0 Å². The lowest BCUT2D eigenvalue weighted by Crippen LogP contribution is -2.27. The van der Waals surface area contributed by atoms with Crippen LogP contribution in [0.2, 0.25) is 0 Å². The Labute approximate surface area is 150 Å². The van der Waals surface area contributed by atoms with E-state index in [4.69, 9.17) is 0 Å². The van der Waals surface area contributed by atoms with E-state index in [1.165, 1.54) is 70.6 Å². The molecule has 0 spiro atoms. The van der Waals surface area contributed by atoms with Crippen LogP contribution in [0.4, 0.5) is 0 Å². The van der Waals surface area contributed by atoms with Crippen molar-refractivity contribution in [3.05, 3.63) is 24.3 Å². The Kier molecular flexibility index (Phi) is 13.5. The van der Waals surface area contributed by atoms with E-state index in [0.29, 0.717) is 5.91 Å². The number of likely N-dealkylation sites (tertiary alicyclic amines) is 1. The lowest BCUT2D eigenvalue weighted by atomic mass is 10.1. The molecule has 0 aromatic rings. The fraction of sp³-hybridized carbons (Fsp3) is 0.773. The molecule has 0 N–H and O–H groups in total. The van der Waals surface area contributed by atoms with E-state index in [0.717, 1.165) is 32.4 Å². The molecule has 0 unspecified atom stereocenters. The highest BCUT2D eigenvalue weighted by molar-refractivity contribution is 5.76. The molecule has 24 heavy (non-hydrogen) atoms. The van der Waals surface area contributed by atoms with Gasteiger partial charge in [0.15, 0.2) is 0 Å². The predicted molar refractivity (Wildman–Crippen MR) is 105 cm³/mol. The van der Waals surface area contributed by atoms with Gasteiger partial charge in [-0.05, 0) is 64.2 Å². The minimum Gasteiger partial charge on any atom is -0.343 e. The molecule has 0 atom stereocenters. The van der Waals surface area contributed by atoms with Gasteiger partial charge in [0.1, 0.15) is 0 Å². The Morgan fingerprint density at radius 2 is 1.25 bits per heavy atom. The molecule has 1 saturated heterocycles. The van der Waals surface area contributed by atoms with Crippen molar-refractivity contribution in [2.45, 2.75) is 96.8 Å². The summed E-state index contributed by atoms with van der Waals surface area (Å²) in [7, 11) is 0. The summed E-state index contributed by atoms with van der Waals surface area (Å²) in [5.41, 5.74) is 0. The summed E-state index contributed by atoms with van der Waals surface area (Å²) in [6.45, 7) is 4.19. The largest absolute Gasteiger partial charge is 0.343 e. The molecule has 0 radical (unpaired) electrons. The van der Waals surface area contributed by atoms with Gasteiger partial charge in [0.2, 0.25) is 5.91 Å². The number of amides is 1. The third-order valence-corrected chi connectivity index (χ3v) is 4.78. The highest BCUT2D eigenvalue weighted by atomic mass is 16.2. The molecule has 2 heteroatoms. The molecule has 1 aliphatic rings. The van der Waals surface area contributed by atoms with Crippen LogP contribution in [0.1, 0.15) is 96.8 Å². The number of carbonyl (C=O) groups is 1. The van der Waals surface area contributed by atoms with Gasteiger partial charge in [0.05, 0.1) is 0 Å². The predicted octanol–water partition coefficient (Wildman–Crippen LogP) is 6.42. The first kappa shape index (κ1) is 21.0. The van der Waals surface area contributed by atoms with Crippen LogP contribution in [0.25, 0.3) is 0 Å².